The summed E-state index contributed by atoms with van der Waals surface area (Å²) >= 11 is 1.42. The quantitative estimate of drug-likeness (QED) is 0.554. The van der Waals surface area contributed by atoms with E-state index in [1.807, 2.05) is 35.9 Å². The first-order chi connectivity index (χ1) is 13.1. The first-order valence-corrected chi connectivity index (χ1v) is 9.45. The normalized spacial score (nSPS) is 11.0. The van der Waals surface area contributed by atoms with Crippen molar-refractivity contribution in [2.75, 3.05) is 0 Å². The van der Waals surface area contributed by atoms with Crippen molar-refractivity contribution in [3.8, 4) is 0 Å². The van der Waals surface area contributed by atoms with Gasteiger partial charge in [-0.1, -0.05) is 42.5 Å². The number of hydrogen-bond acceptors (Lipinski definition) is 3. The number of nitrogens with one attached hydrogen (secondary N) is 1. The number of nitrogens with zero attached hydrogens (tertiary/aromatic N) is 2. The van der Waals surface area contributed by atoms with Crippen LogP contribution in [0.15, 0.2) is 60.7 Å². The lowest BCUT2D eigenvalue weighted by Crippen LogP contribution is -2.21. The highest BCUT2D eigenvalue weighted by atomic mass is 32.1. The smallest absolute Gasteiger partial charge is 0.261 e. The maximum Gasteiger partial charge on any atom is 0.261 e. The molecule has 0 spiro atoms. The molecule has 4 rings (SSSR count). The van der Waals surface area contributed by atoms with E-state index in [2.05, 4.69) is 22.5 Å². The molecule has 4 nitrogen and oxygen atoms in total. The summed E-state index contributed by atoms with van der Waals surface area (Å²) in [5.41, 5.74) is 2.80. The Morgan fingerprint density at radius 3 is 2.67 bits per heavy atom. The van der Waals surface area contributed by atoms with Crippen molar-refractivity contribution in [2.24, 2.45) is 0 Å². The van der Waals surface area contributed by atoms with E-state index in [0.717, 1.165) is 27.0 Å². The van der Waals surface area contributed by atoms with Gasteiger partial charge in [0.25, 0.3) is 5.91 Å². The van der Waals surface area contributed by atoms with Gasteiger partial charge in [-0.15, -0.1) is 11.3 Å². The maximum atomic E-state index is 13.3. The van der Waals surface area contributed by atoms with Crippen LogP contribution >= 0.6 is 11.3 Å². The van der Waals surface area contributed by atoms with Crippen molar-refractivity contribution in [1.29, 1.82) is 0 Å². The Morgan fingerprint density at radius 2 is 1.89 bits per heavy atom. The van der Waals surface area contributed by atoms with Crippen LogP contribution in [0, 0.1) is 12.7 Å². The lowest BCUT2D eigenvalue weighted by atomic mass is 10.2. The molecule has 1 N–H and O–H groups in total. The zero-order valence-corrected chi connectivity index (χ0v) is 15.6. The van der Waals surface area contributed by atoms with Gasteiger partial charge in [0.1, 0.15) is 10.6 Å². The zero-order valence-electron chi connectivity index (χ0n) is 14.8. The molecule has 0 aliphatic rings. The number of benzene rings is 2. The average Bonchev–Trinajstić information content (AvgIpc) is 3.22. The number of thiophene rings is 1. The molecule has 0 unspecified atom stereocenters. The number of carbonyl (C=O) groups is 1. The average molecular weight is 379 g/mol. The minimum absolute atomic E-state index is 0.161. The molecule has 0 fully saturated rings. The Labute approximate surface area is 160 Å². The van der Waals surface area contributed by atoms with E-state index in [1.54, 1.807) is 12.1 Å². The van der Waals surface area contributed by atoms with Gasteiger partial charge in [0.2, 0.25) is 0 Å². The molecule has 4 aromatic rings. The number of hydrogen-bond donors (Lipinski definition) is 1. The standard InChI is InChI=1S/C21H18FN3OS/c1-14-18-11-19(20(26)23-12-16-8-5-9-17(22)10-16)27-21(18)25(24-14)13-15-6-3-2-4-7-15/h2-11H,12-13H2,1H3,(H,23,26). The van der Waals surface area contributed by atoms with Crippen LogP contribution in [0.5, 0.6) is 0 Å². The van der Waals surface area contributed by atoms with Crippen LogP contribution in [0.3, 0.4) is 0 Å². The van der Waals surface area contributed by atoms with Crippen molar-refractivity contribution >= 4 is 27.5 Å². The van der Waals surface area contributed by atoms with Crippen LogP contribution in [0.1, 0.15) is 26.5 Å². The van der Waals surface area contributed by atoms with Gasteiger partial charge in [-0.25, -0.2) is 4.39 Å². The first-order valence-electron chi connectivity index (χ1n) is 8.63. The van der Waals surface area contributed by atoms with Gasteiger partial charge in [-0.2, -0.15) is 5.10 Å². The molecule has 0 aliphatic carbocycles. The highest BCUT2D eigenvalue weighted by Gasteiger charge is 2.16. The number of aryl methyl sites for hydroxylation is 1. The third-order valence-corrected chi connectivity index (χ3v) is 5.50. The Kier molecular flexibility index (Phi) is 4.73. The highest BCUT2D eigenvalue weighted by Crippen LogP contribution is 2.29. The topological polar surface area (TPSA) is 46.9 Å². The summed E-state index contributed by atoms with van der Waals surface area (Å²) in [6, 6.07) is 18.2. The monoisotopic (exact) mass is 379 g/mol. The van der Waals surface area contributed by atoms with Gasteiger partial charge in [0.15, 0.2) is 0 Å². The van der Waals surface area contributed by atoms with Crippen molar-refractivity contribution in [1.82, 2.24) is 15.1 Å². The zero-order chi connectivity index (χ0) is 18.8. The van der Waals surface area contributed by atoms with Crippen molar-refractivity contribution in [3.05, 3.63) is 88.2 Å². The van der Waals surface area contributed by atoms with Gasteiger partial charge in [-0.05, 0) is 36.2 Å². The molecule has 0 saturated heterocycles. The van der Waals surface area contributed by atoms with E-state index in [1.165, 1.54) is 23.5 Å². The number of carbonyl (C=O) groups excluding carboxylic acids is 1. The molecule has 0 bridgehead atoms. The molecule has 2 heterocycles. The molecular formula is C21H18FN3OS. The summed E-state index contributed by atoms with van der Waals surface area (Å²) in [5, 5.41) is 8.45. The van der Waals surface area contributed by atoms with Gasteiger partial charge in [0.05, 0.1) is 17.1 Å². The minimum atomic E-state index is -0.305. The molecule has 27 heavy (non-hydrogen) atoms. The summed E-state index contributed by atoms with van der Waals surface area (Å²) in [4.78, 5) is 14.1. The molecule has 6 heteroatoms. The molecule has 2 aromatic carbocycles. The fourth-order valence-electron chi connectivity index (χ4n) is 3.00. The number of halogens is 1. The van der Waals surface area contributed by atoms with Crippen LogP contribution in [-0.2, 0) is 13.1 Å². The van der Waals surface area contributed by atoms with Crippen LogP contribution in [0.25, 0.3) is 10.2 Å². The summed E-state index contributed by atoms with van der Waals surface area (Å²) in [7, 11) is 0. The van der Waals surface area contributed by atoms with E-state index in [9.17, 15) is 9.18 Å². The van der Waals surface area contributed by atoms with Gasteiger partial charge < -0.3 is 5.32 Å². The maximum absolute atomic E-state index is 13.3. The number of fused-ring (bicyclic) bond motifs is 1. The van der Waals surface area contributed by atoms with E-state index in [-0.39, 0.29) is 11.7 Å². The van der Waals surface area contributed by atoms with E-state index < -0.39 is 0 Å². The molecule has 0 radical (unpaired) electrons. The molecule has 0 saturated carbocycles. The minimum Gasteiger partial charge on any atom is -0.347 e. The Morgan fingerprint density at radius 1 is 1.11 bits per heavy atom. The van der Waals surface area contributed by atoms with E-state index in [4.69, 9.17) is 0 Å². The summed E-state index contributed by atoms with van der Waals surface area (Å²) < 4.78 is 15.2. The SMILES string of the molecule is Cc1nn(Cc2ccccc2)c2sc(C(=O)NCc3cccc(F)c3)cc12. The molecule has 0 aliphatic heterocycles. The fraction of sp³-hybridized carbons (Fsp3) is 0.143. The van der Waals surface area contributed by atoms with Crippen LogP contribution in [-0.4, -0.2) is 15.7 Å². The van der Waals surface area contributed by atoms with Crippen LogP contribution in [0.4, 0.5) is 4.39 Å². The van der Waals surface area contributed by atoms with Gasteiger partial charge in [0, 0.05) is 11.9 Å². The first kappa shape index (κ1) is 17.4. The van der Waals surface area contributed by atoms with E-state index in [0.29, 0.717) is 18.0 Å². The Bertz CT molecular complexity index is 1100. The highest BCUT2D eigenvalue weighted by molar-refractivity contribution is 7.20. The van der Waals surface area contributed by atoms with Crippen molar-refractivity contribution < 1.29 is 9.18 Å². The van der Waals surface area contributed by atoms with Crippen LogP contribution < -0.4 is 5.32 Å². The molecule has 0 atom stereocenters. The third kappa shape index (κ3) is 3.75. The second-order valence-corrected chi connectivity index (χ2v) is 7.40. The molecule has 1 amide bonds. The number of rotatable bonds is 5. The van der Waals surface area contributed by atoms with E-state index >= 15 is 0 Å². The number of amides is 1. The lowest BCUT2D eigenvalue weighted by molar-refractivity contribution is 0.0955. The lowest BCUT2D eigenvalue weighted by Gasteiger charge is -2.04. The number of aromatic nitrogens is 2. The van der Waals surface area contributed by atoms with Gasteiger partial charge >= 0.3 is 0 Å². The predicted octanol–water partition coefficient (Wildman–Crippen LogP) is 4.52. The second kappa shape index (κ2) is 7.32. The van der Waals surface area contributed by atoms with Gasteiger partial charge in [-0.3, -0.25) is 9.48 Å². The summed E-state index contributed by atoms with van der Waals surface area (Å²) in [6.45, 7) is 2.90. The third-order valence-electron chi connectivity index (χ3n) is 4.35. The Balaban J connectivity index is 1.54. The summed E-state index contributed by atoms with van der Waals surface area (Å²) in [6.07, 6.45) is 0. The van der Waals surface area contributed by atoms with Crippen molar-refractivity contribution in [2.45, 2.75) is 20.0 Å². The fourth-order valence-corrected chi connectivity index (χ4v) is 4.08. The van der Waals surface area contributed by atoms with Crippen molar-refractivity contribution in [3.63, 3.8) is 0 Å². The largest absolute Gasteiger partial charge is 0.347 e. The summed E-state index contributed by atoms with van der Waals surface area (Å²) in [5.74, 6) is -0.466. The predicted molar refractivity (Wildman–Crippen MR) is 105 cm³/mol. The van der Waals surface area contributed by atoms with Crippen LogP contribution in [0.2, 0.25) is 0 Å². The molecule has 136 valence electrons. The second-order valence-electron chi connectivity index (χ2n) is 6.37. The molecular weight excluding hydrogens is 361 g/mol. The Hall–Kier alpha value is -2.99. The molecule has 2 aromatic heterocycles.